The fourth-order valence-corrected chi connectivity index (χ4v) is 3.43. The molecule has 2 rings (SSSR count). The first-order valence-corrected chi connectivity index (χ1v) is 7.33. The summed E-state index contributed by atoms with van der Waals surface area (Å²) in [6.07, 6.45) is -3.77. The Morgan fingerprint density at radius 2 is 1.89 bits per heavy atom. The van der Waals surface area contributed by atoms with E-state index in [0.29, 0.717) is 0 Å². The Hall–Kier alpha value is -0.870. The highest BCUT2D eigenvalue weighted by molar-refractivity contribution is 7.89. The lowest BCUT2D eigenvalue weighted by Crippen LogP contribution is -2.60. The van der Waals surface area contributed by atoms with Crippen LogP contribution in [0.4, 0.5) is 13.2 Å². The SMILES string of the molecule is O=C(ON(C1CNC1)S(=O)(=O)CC1CC1)C(F)(F)F. The van der Waals surface area contributed by atoms with Crippen molar-refractivity contribution in [1.29, 1.82) is 0 Å². The summed E-state index contributed by atoms with van der Waals surface area (Å²) >= 11 is 0. The molecule has 0 spiro atoms. The van der Waals surface area contributed by atoms with Gasteiger partial charge in [-0.2, -0.15) is 13.2 Å². The van der Waals surface area contributed by atoms with E-state index in [2.05, 4.69) is 10.2 Å². The minimum atomic E-state index is -5.22. The summed E-state index contributed by atoms with van der Waals surface area (Å²) in [5.74, 6) is -2.85. The molecule has 1 aliphatic carbocycles. The van der Waals surface area contributed by atoms with Gasteiger partial charge in [0.25, 0.3) is 0 Å². The van der Waals surface area contributed by atoms with E-state index in [-0.39, 0.29) is 29.2 Å². The Balaban J connectivity index is 2.09. The number of nitrogens with one attached hydrogen (secondary N) is 1. The Morgan fingerprint density at radius 1 is 1.32 bits per heavy atom. The maximum absolute atomic E-state index is 12.1. The highest BCUT2D eigenvalue weighted by atomic mass is 32.2. The normalized spacial score (nSPS) is 21.3. The van der Waals surface area contributed by atoms with E-state index in [1.807, 2.05) is 0 Å². The highest BCUT2D eigenvalue weighted by Crippen LogP contribution is 2.32. The van der Waals surface area contributed by atoms with Crippen LogP contribution < -0.4 is 5.32 Å². The van der Waals surface area contributed by atoms with Gasteiger partial charge in [-0.1, -0.05) is 0 Å². The van der Waals surface area contributed by atoms with Gasteiger partial charge in [-0.15, -0.1) is 0 Å². The lowest BCUT2D eigenvalue weighted by Gasteiger charge is -2.35. The van der Waals surface area contributed by atoms with Crippen molar-refractivity contribution in [2.75, 3.05) is 18.8 Å². The van der Waals surface area contributed by atoms with Crippen LogP contribution in [-0.4, -0.2) is 49.9 Å². The van der Waals surface area contributed by atoms with Crippen LogP contribution in [0.15, 0.2) is 0 Å². The second-order valence-electron chi connectivity index (χ2n) is 4.67. The molecule has 0 aromatic heterocycles. The second kappa shape index (κ2) is 4.91. The van der Waals surface area contributed by atoms with E-state index in [1.165, 1.54) is 0 Å². The van der Waals surface area contributed by atoms with Gasteiger partial charge in [0.05, 0.1) is 11.8 Å². The fourth-order valence-electron chi connectivity index (χ4n) is 1.57. The number of hydrogen-bond donors (Lipinski definition) is 1. The van der Waals surface area contributed by atoms with Crippen molar-refractivity contribution >= 4 is 16.0 Å². The minimum absolute atomic E-state index is 0.0508. The van der Waals surface area contributed by atoms with E-state index in [1.54, 1.807) is 0 Å². The summed E-state index contributed by atoms with van der Waals surface area (Å²) in [5, 5.41) is 2.72. The molecular formula is C9H13F3N2O4S. The van der Waals surface area contributed by atoms with Crippen LogP contribution >= 0.6 is 0 Å². The summed E-state index contributed by atoms with van der Waals surface area (Å²) in [7, 11) is -4.02. The molecule has 10 heteroatoms. The van der Waals surface area contributed by atoms with E-state index < -0.39 is 28.2 Å². The summed E-state index contributed by atoms with van der Waals surface area (Å²) in [6, 6.07) is -0.768. The van der Waals surface area contributed by atoms with Crippen molar-refractivity contribution in [3.05, 3.63) is 0 Å². The second-order valence-corrected chi connectivity index (χ2v) is 6.52. The number of hydrogen-bond acceptors (Lipinski definition) is 5. The van der Waals surface area contributed by atoms with Crippen molar-refractivity contribution in [3.63, 3.8) is 0 Å². The van der Waals surface area contributed by atoms with E-state index in [9.17, 15) is 26.4 Å². The number of hydroxylamine groups is 1. The van der Waals surface area contributed by atoms with E-state index >= 15 is 0 Å². The number of halogens is 3. The topological polar surface area (TPSA) is 75.7 Å². The number of nitrogens with zero attached hydrogens (tertiary/aromatic N) is 1. The molecular weight excluding hydrogens is 289 g/mol. The summed E-state index contributed by atoms with van der Waals surface area (Å²) in [4.78, 5) is 14.8. The van der Waals surface area contributed by atoms with Crippen LogP contribution in [-0.2, 0) is 19.7 Å². The molecule has 0 aromatic carbocycles. The zero-order valence-corrected chi connectivity index (χ0v) is 10.6. The predicted molar refractivity (Wildman–Crippen MR) is 57.2 cm³/mol. The Morgan fingerprint density at radius 3 is 2.26 bits per heavy atom. The van der Waals surface area contributed by atoms with Crippen LogP contribution in [0.25, 0.3) is 0 Å². The maximum Gasteiger partial charge on any atom is 0.492 e. The van der Waals surface area contributed by atoms with Crippen molar-refractivity contribution in [2.45, 2.75) is 25.1 Å². The molecule has 0 atom stereocenters. The smallest absolute Gasteiger partial charge is 0.345 e. The zero-order valence-electron chi connectivity index (χ0n) is 9.81. The van der Waals surface area contributed by atoms with Crippen LogP contribution in [0.5, 0.6) is 0 Å². The van der Waals surface area contributed by atoms with Crippen molar-refractivity contribution in [2.24, 2.45) is 5.92 Å². The number of carbonyl (C=O) groups excluding carboxylic acids is 1. The molecule has 110 valence electrons. The molecule has 1 saturated carbocycles. The van der Waals surface area contributed by atoms with Crippen LogP contribution in [0, 0.1) is 5.92 Å². The lowest BCUT2D eigenvalue weighted by atomic mass is 10.2. The van der Waals surface area contributed by atoms with Crippen LogP contribution in [0.2, 0.25) is 0 Å². The predicted octanol–water partition coefficient (Wildman–Crippen LogP) is 0.0205. The third-order valence-corrected chi connectivity index (χ3v) is 4.69. The number of carbonyl (C=O) groups is 1. The standard InChI is InChI=1S/C9H13F3N2O4S/c10-9(11,12)8(15)18-14(7-3-13-4-7)19(16,17)5-6-1-2-6/h6-7,13H,1-5H2. The van der Waals surface area contributed by atoms with E-state index in [0.717, 1.165) is 12.8 Å². The van der Waals surface area contributed by atoms with Gasteiger partial charge in [-0.3, -0.25) is 0 Å². The van der Waals surface area contributed by atoms with Crippen LogP contribution in [0.3, 0.4) is 0 Å². The van der Waals surface area contributed by atoms with Crippen LogP contribution in [0.1, 0.15) is 12.8 Å². The van der Waals surface area contributed by atoms with Gasteiger partial charge in [-0.25, -0.2) is 13.2 Å². The first kappa shape index (κ1) is 14.5. The summed E-state index contributed by atoms with van der Waals surface area (Å²) < 4.78 is 60.5. The first-order valence-electron chi connectivity index (χ1n) is 5.72. The molecule has 2 fully saturated rings. The zero-order chi connectivity index (χ0) is 14.3. The van der Waals surface area contributed by atoms with E-state index in [4.69, 9.17) is 0 Å². The Bertz CT molecular complexity index is 457. The minimum Gasteiger partial charge on any atom is -0.345 e. The molecule has 1 heterocycles. The maximum atomic E-state index is 12.1. The Kier molecular flexibility index (Phi) is 3.76. The fraction of sp³-hybridized carbons (Fsp3) is 0.889. The third-order valence-electron chi connectivity index (χ3n) is 2.88. The van der Waals surface area contributed by atoms with Crippen molar-refractivity contribution in [1.82, 2.24) is 9.79 Å². The molecule has 2 aliphatic rings. The molecule has 0 amide bonds. The summed E-state index contributed by atoms with van der Waals surface area (Å²) in [5.41, 5.74) is 0. The quantitative estimate of drug-likeness (QED) is 0.725. The summed E-state index contributed by atoms with van der Waals surface area (Å²) in [6.45, 7) is 0.323. The molecule has 0 unspecified atom stereocenters. The van der Waals surface area contributed by atoms with Gasteiger partial charge in [0, 0.05) is 13.1 Å². The largest absolute Gasteiger partial charge is 0.492 e. The van der Waals surface area contributed by atoms with Gasteiger partial charge in [0.1, 0.15) is 0 Å². The lowest BCUT2D eigenvalue weighted by molar-refractivity contribution is -0.228. The average molecular weight is 302 g/mol. The van der Waals surface area contributed by atoms with Gasteiger partial charge in [0.2, 0.25) is 10.0 Å². The molecule has 0 bridgehead atoms. The first-order chi connectivity index (χ1) is 8.70. The molecule has 6 nitrogen and oxygen atoms in total. The van der Waals surface area contributed by atoms with Gasteiger partial charge < -0.3 is 10.2 Å². The number of sulfonamides is 1. The van der Waals surface area contributed by atoms with Gasteiger partial charge in [-0.05, 0) is 23.2 Å². The Labute approximate surface area is 107 Å². The molecule has 1 aliphatic heterocycles. The highest BCUT2D eigenvalue weighted by Gasteiger charge is 2.47. The molecule has 0 aromatic rings. The van der Waals surface area contributed by atoms with Gasteiger partial charge >= 0.3 is 12.1 Å². The van der Waals surface area contributed by atoms with Crippen molar-refractivity contribution < 1.29 is 31.2 Å². The van der Waals surface area contributed by atoms with Gasteiger partial charge in [0.15, 0.2) is 0 Å². The average Bonchev–Trinajstić information content (AvgIpc) is 2.95. The van der Waals surface area contributed by atoms with Crippen molar-refractivity contribution in [3.8, 4) is 0 Å². The third kappa shape index (κ3) is 3.57. The molecule has 1 N–H and O–H groups in total. The number of rotatable bonds is 5. The molecule has 0 radical (unpaired) electrons. The monoisotopic (exact) mass is 302 g/mol. The molecule has 19 heavy (non-hydrogen) atoms. The number of alkyl halides is 3. The molecule has 1 saturated heterocycles.